The second-order valence-corrected chi connectivity index (χ2v) is 7.90. The Morgan fingerprint density at radius 1 is 1.40 bits per heavy atom. The van der Waals surface area contributed by atoms with Crippen LogP contribution in [0.4, 0.5) is 4.39 Å². The van der Waals surface area contributed by atoms with Crippen LogP contribution in [0, 0.1) is 11.2 Å². The van der Waals surface area contributed by atoms with Crippen molar-refractivity contribution in [1.82, 2.24) is 0 Å². The zero-order chi connectivity index (χ0) is 14.9. The van der Waals surface area contributed by atoms with Crippen LogP contribution in [0.5, 0.6) is 5.75 Å². The Hall–Kier alpha value is -0.740. The molecule has 0 aromatic heterocycles. The van der Waals surface area contributed by atoms with Crippen LogP contribution in [-0.4, -0.2) is 29.3 Å². The average Bonchev–Trinajstić information content (AvgIpc) is 2.83. The minimum atomic E-state index is -0.177. The molecular formula is C16H23FO2S. The highest BCUT2D eigenvalue weighted by molar-refractivity contribution is 8.00. The third-order valence-electron chi connectivity index (χ3n) is 3.88. The summed E-state index contributed by atoms with van der Waals surface area (Å²) in [6.07, 6.45) is 0.813. The second kappa shape index (κ2) is 5.94. The molecule has 2 nitrogen and oxygen atoms in total. The Labute approximate surface area is 124 Å². The van der Waals surface area contributed by atoms with Gasteiger partial charge in [0.25, 0.3) is 0 Å². The van der Waals surface area contributed by atoms with Gasteiger partial charge in [0.2, 0.25) is 0 Å². The van der Waals surface area contributed by atoms with E-state index in [1.807, 2.05) is 0 Å². The number of hydrogen-bond acceptors (Lipinski definition) is 3. The number of benzene rings is 1. The highest BCUT2D eigenvalue weighted by Crippen LogP contribution is 2.52. The lowest BCUT2D eigenvalue weighted by Crippen LogP contribution is -2.26. The van der Waals surface area contributed by atoms with Crippen molar-refractivity contribution in [1.29, 1.82) is 0 Å². The second-order valence-electron chi connectivity index (χ2n) is 6.46. The summed E-state index contributed by atoms with van der Waals surface area (Å²) in [6, 6.07) is 4.93. The Morgan fingerprint density at radius 3 is 2.65 bits per heavy atom. The molecule has 0 spiro atoms. The van der Waals surface area contributed by atoms with Crippen LogP contribution in [0.2, 0.25) is 0 Å². The Morgan fingerprint density at radius 2 is 2.10 bits per heavy atom. The number of hydrogen-bond donors (Lipinski definition) is 1. The molecular weight excluding hydrogens is 275 g/mol. The van der Waals surface area contributed by atoms with Gasteiger partial charge in [-0.15, -0.1) is 0 Å². The molecule has 0 amide bonds. The molecule has 2 rings (SSSR count). The summed E-state index contributed by atoms with van der Waals surface area (Å²) < 4.78 is 19.4. The van der Waals surface area contributed by atoms with Crippen molar-refractivity contribution in [3.05, 3.63) is 29.6 Å². The monoisotopic (exact) mass is 298 g/mol. The summed E-state index contributed by atoms with van der Waals surface area (Å²) in [5, 5.41) is 9.93. The summed E-state index contributed by atoms with van der Waals surface area (Å²) in [5.41, 5.74) is 0.780. The smallest absolute Gasteiger partial charge is 0.126 e. The maximum Gasteiger partial charge on any atom is 0.126 e. The van der Waals surface area contributed by atoms with Crippen molar-refractivity contribution in [2.75, 3.05) is 13.7 Å². The summed E-state index contributed by atoms with van der Waals surface area (Å²) in [4.78, 5) is 0. The van der Waals surface area contributed by atoms with Gasteiger partial charge in [0.05, 0.1) is 13.7 Å². The molecule has 3 atom stereocenters. The van der Waals surface area contributed by atoms with Crippen molar-refractivity contribution in [2.24, 2.45) is 5.41 Å². The first-order chi connectivity index (χ1) is 9.36. The fraction of sp³-hybridized carbons (Fsp3) is 0.625. The maximum atomic E-state index is 14.2. The molecule has 1 aliphatic rings. The fourth-order valence-corrected chi connectivity index (χ4v) is 4.59. The number of rotatable bonds is 3. The fourth-order valence-electron chi connectivity index (χ4n) is 2.91. The maximum absolute atomic E-state index is 14.2. The number of ether oxygens (including phenoxy) is 1. The SMILES string of the molecule is COc1ccc(F)c(C2CC(CO)SC2C(C)(C)C)c1. The molecule has 0 aliphatic carbocycles. The summed E-state index contributed by atoms with van der Waals surface area (Å²) in [7, 11) is 1.60. The van der Waals surface area contributed by atoms with E-state index in [2.05, 4.69) is 20.8 Å². The average molecular weight is 298 g/mol. The van der Waals surface area contributed by atoms with E-state index in [9.17, 15) is 9.50 Å². The first-order valence-electron chi connectivity index (χ1n) is 6.96. The molecule has 1 heterocycles. The van der Waals surface area contributed by atoms with E-state index in [-0.39, 0.29) is 29.0 Å². The molecule has 1 aliphatic heterocycles. The van der Waals surface area contributed by atoms with Gasteiger partial charge in [0.15, 0.2) is 0 Å². The largest absolute Gasteiger partial charge is 0.497 e. The van der Waals surface area contributed by atoms with E-state index in [0.29, 0.717) is 16.6 Å². The van der Waals surface area contributed by atoms with Crippen molar-refractivity contribution >= 4 is 11.8 Å². The van der Waals surface area contributed by atoms with Crippen LogP contribution < -0.4 is 4.74 Å². The van der Waals surface area contributed by atoms with Crippen molar-refractivity contribution < 1.29 is 14.2 Å². The Kier molecular flexibility index (Phi) is 4.65. The first-order valence-corrected chi connectivity index (χ1v) is 7.91. The van der Waals surface area contributed by atoms with Crippen LogP contribution in [-0.2, 0) is 0 Å². The van der Waals surface area contributed by atoms with Gasteiger partial charge in [-0.2, -0.15) is 11.8 Å². The van der Waals surface area contributed by atoms with E-state index >= 15 is 0 Å². The van der Waals surface area contributed by atoms with Crippen LogP contribution in [0.1, 0.15) is 38.7 Å². The van der Waals surface area contributed by atoms with Crippen molar-refractivity contribution in [2.45, 2.75) is 43.6 Å². The minimum Gasteiger partial charge on any atom is -0.497 e. The molecule has 20 heavy (non-hydrogen) atoms. The van der Waals surface area contributed by atoms with Gasteiger partial charge in [-0.25, -0.2) is 4.39 Å². The molecule has 1 aromatic carbocycles. The molecule has 0 saturated carbocycles. The van der Waals surface area contributed by atoms with Gasteiger partial charge in [0, 0.05) is 16.4 Å². The lowest BCUT2D eigenvalue weighted by Gasteiger charge is -2.32. The molecule has 1 aromatic rings. The third kappa shape index (κ3) is 3.12. The van der Waals surface area contributed by atoms with E-state index in [4.69, 9.17) is 4.74 Å². The van der Waals surface area contributed by atoms with Crippen molar-refractivity contribution in [3.8, 4) is 5.75 Å². The van der Waals surface area contributed by atoms with Gasteiger partial charge < -0.3 is 9.84 Å². The molecule has 1 fully saturated rings. The zero-order valence-electron chi connectivity index (χ0n) is 12.5. The molecule has 1 saturated heterocycles. The van der Waals surface area contributed by atoms with Gasteiger partial charge in [0.1, 0.15) is 11.6 Å². The summed E-state index contributed by atoms with van der Waals surface area (Å²) >= 11 is 1.79. The van der Waals surface area contributed by atoms with Crippen LogP contribution in [0.3, 0.4) is 0 Å². The zero-order valence-corrected chi connectivity index (χ0v) is 13.3. The topological polar surface area (TPSA) is 29.5 Å². The Bertz CT molecular complexity index is 470. The van der Waals surface area contributed by atoms with E-state index in [0.717, 1.165) is 6.42 Å². The molecule has 0 bridgehead atoms. The predicted molar refractivity (Wildman–Crippen MR) is 82.0 cm³/mol. The molecule has 112 valence electrons. The molecule has 4 heteroatoms. The standard InChI is InChI=1S/C16H23FO2S/c1-16(2,3)15-13(8-11(9-18)20-15)12-7-10(19-4)5-6-14(12)17/h5-7,11,13,15,18H,8-9H2,1-4H3. The van der Waals surface area contributed by atoms with E-state index in [1.165, 1.54) is 6.07 Å². The number of aliphatic hydroxyl groups excluding tert-OH is 1. The quantitative estimate of drug-likeness (QED) is 0.919. The minimum absolute atomic E-state index is 0.0643. The highest BCUT2D eigenvalue weighted by atomic mass is 32.2. The number of aliphatic hydroxyl groups is 1. The van der Waals surface area contributed by atoms with Gasteiger partial charge >= 0.3 is 0 Å². The van der Waals surface area contributed by atoms with Gasteiger partial charge in [-0.3, -0.25) is 0 Å². The van der Waals surface area contributed by atoms with E-state index < -0.39 is 0 Å². The first kappa shape index (κ1) is 15.6. The number of halogens is 1. The number of thioether (sulfide) groups is 1. The Balaban J connectivity index is 2.38. The summed E-state index contributed by atoms with van der Waals surface area (Å²) in [6.45, 7) is 6.68. The van der Waals surface area contributed by atoms with Gasteiger partial charge in [-0.1, -0.05) is 20.8 Å². The van der Waals surface area contributed by atoms with Crippen molar-refractivity contribution in [3.63, 3.8) is 0 Å². The molecule has 3 unspecified atom stereocenters. The molecule has 0 radical (unpaired) electrons. The molecule has 1 N–H and O–H groups in total. The van der Waals surface area contributed by atoms with Crippen LogP contribution in [0.15, 0.2) is 18.2 Å². The van der Waals surface area contributed by atoms with E-state index in [1.54, 1.807) is 31.0 Å². The highest BCUT2D eigenvalue weighted by Gasteiger charge is 2.42. The predicted octanol–water partition coefficient (Wildman–Crippen LogP) is 3.83. The van der Waals surface area contributed by atoms with Gasteiger partial charge in [-0.05, 0) is 35.6 Å². The normalized spacial score (nSPS) is 26.8. The number of methoxy groups -OCH3 is 1. The lowest BCUT2D eigenvalue weighted by molar-refractivity contribution is 0.285. The lowest BCUT2D eigenvalue weighted by atomic mass is 9.79. The summed E-state index contributed by atoms with van der Waals surface area (Å²) in [5.74, 6) is 0.628. The third-order valence-corrected chi connectivity index (χ3v) is 5.94. The van der Waals surface area contributed by atoms with Crippen LogP contribution in [0.25, 0.3) is 0 Å². The van der Waals surface area contributed by atoms with Crippen LogP contribution >= 0.6 is 11.8 Å².